The number of aryl methyl sites for hydroxylation is 2. The zero-order valence-electron chi connectivity index (χ0n) is 19.4. The Hall–Kier alpha value is -2.34. The van der Waals surface area contributed by atoms with Crippen LogP contribution in [-0.4, -0.2) is 44.4 Å². The van der Waals surface area contributed by atoms with E-state index in [1.54, 1.807) is 12.3 Å². The van der Waals surface area contributed by atoms with Crippen LogP contribution in [-0.2, 0) is 20.5 Å². The van der Waals surface area contributed by atoms with Crippen molar-refractivity contribution in [2.75, 3.05) is 12.3 Å². The summed E-state index contributed by atoms with van der Waals surface area (Å²) in [6.07, 6.45) is 1.80. The van der Waals surface area contributed by atoms with Gasteiger partial charge in [0.2, 0.25) is 12.3 Å². The summed E-state index contributed by atoms with van der Waals surface area (Å²) in [6, 6.07) is 3.76. The van der Waals surface area contributed by atoms with E-state index in [0.29, 0.717) is 29.3 Å². The summed E-state index contributed by atoms with van der Waals surface area (Å²) in [4.78, 5) is 13.9. The number of fused-ring (bicyclic) bond motifs is 1. The van der Waals surface area contributed by atoms with Crippen molar-refractivity contribution >= 4 is 41.9 Å². The maximum absolute atomic E-state index is 6.39. The summed E-state index contributed by atoms with van der Waals surface area (Å²) in [7, 11) is 1.21. The highest BCUT2D eigenvalue weighted by molar-refractivity contribution is 7.90. The van der Waals surface area contributed by atoms with Crippen LogP contribution in [0.2, 0.25) is 0 Å². The Bertz CT molecular complexity index is 1150. The largest absolute Gasteiger partial charge is 0.498 e. The lowest BCUT2D eigenvalue weighted by Crippen LogP contribution is -2.41. The summed E-state index contributed by atoms with van der Waals surface area (Å²) in [6.45, 7) is 12.3. The fourth-order valence-electron chi connectivity index (χ4n) is 3.40. The second-order valence-electron chi connectivity index (χ2n) is 8.81. The van der Waals surface area contributed by atoms with Crippen LogP contribution in [0.4, 0.5) is 5.82 Å². The van der Waals surface area contributed by atoms with Gasteiger partial charge < -0.3 is 23.8 Å². The Morgan fingerprint density at radius 2 is 1.84 bits per heavy atom. The number of aromatic nitrogens is 4. The Labute approximate surface area is 192 Å². The first-order chi connectivity index (χ1) is 15.0. The summed E-state index contributed by atoms with van der Waals surface area (Å²) in [5.74, 6) is 1.30. The average molecular weight is 457 g/mol. The molecule has 3 aromatic heterocycles. The van der Waals surface area contributed by atoms with Gasteiger partial charge in [-0.25, -0.2) is 15.0 Å². The van der Waals surface area contributed by atoms with E-state index < -0.39 is 18.3 Å². The normalized spacial score (nSPS) is 17.3. The second-order valence-corrected chi connectivity index (χ2v) is 9.34. The molecule has 0 bridgehead atoms. The molecule has 0 radical (unpaired) electrons. The molecule has 2 N–H and O–H groups in total. The molecule has 0 amide bonds. The Morgan fingerprint density at radius 1 is 1.16 bits per heavy atom. The molecule has 1 aliphatic heterocycles. The first kappa shape index (κ1) is 22.8. The fourth-order valence-corrected chi connectivity index (χ4v) is 3.75. The van der Waals surface area contributed by atoms with Crippen LogP contribution < -0.4 is 15.4 Å². The third-order valence-electron chi connectivity index (χ3n) is 5.90. The van der Waals surface area contributed by atoms with E-state index in [0.717, 1.165) is 29.1 Å². The van der Waals surface area contributed by atoms with Gasteiger partial charge >= 0.3 is 7.12 Å². The molecule has 4 heterocycles. The number of hydrogen-bond donors (Lipinski definition) is 1. The van der Waals surface area contributed by atoms with Gasteiger partial charge in [-0.05, 0) is 59.2 Å². The van der Waals surface area contributed by atoms with Crippen LogP contribution in [0.25, 0.3) is 22.7 Å². The lowest BCUT2D eigenvalue weighted by molar-refractivity contribution is 0.00578. The number of imidazole rings is 1. The van der Waals surface area contributed by atoms with E-state index in [1.165, 1.54) is 0 Å². The minimum Gasteiger partial charge on any atom is -0.399 e. The number of nitrogens with two attached hydrogens (primary N) is 1. The third kappa shape index (κ3) is 3.94. The number of anilines is 1. The van der Waals surface area contributed by atoms with Crippen LogP contribution in [0.3, 0.4) is 0 Å². The van der Waals surface area contributed by atoms with Gasteiger partial charge in [-0.3, -0.25) is 4.18 Å². The number of nitrogen functional groups attached to an aromatic ring is 1. The van der Waals surface area contributed by atoms with E-state index >= 15 is 0 Å². The predicted molar refractivity (Wildman–Crippen MR) is 126 cm³/mol. The number of hydrogen-bond acceptors (Lipinski definition) is 9. The monoisotopic (exact) mass is 457 g/mol. The van der Waals surface area contributed by atoms with Gasteiger partial charge in [-0.1, -0.05) is 0 Å². The molecule has 0 atom stereocenters. The van der Waals surface area contributed by atoms with Crippen molar-refractivity contribution in [1.82, 2.24) is 19.5 Å². The van der Waals surface area contributed by atoms with Crippen molar-refractivity contribution in [3.05, 3.63) is 23.9 Å². The number of rotatable bonds is 6. The molecule has 0 aliphatic carbocycles. The van der Waals surface area contributed by atoms with Crippen LogP contribution >= 0.6 is 12.3 Å². The van der Waals surface area contributed by atoms with E-state index in [2.05, 4.69) is 9.97 Å². The van der Waals surface area contributed by atoms with Crippen molar-refractivity contribution in [1.29, 1.82) is 0 Å². The molecule has 11 heteroatoms. The first-order valence-electron chi connectivity index (χ1n) is 10.5. The van der Waals surface area contributed by atoms with Crippen molar-refractivity contribution in [2.45, 2.75) is 52.7 Å². The fraction of sp³-hybridized carbons (Fsp3) is 0.476. The van der Waals surface area contributed by atoms with Gasteiger partial charge in [-0.2, -0.15) is 0 Å². The minimum absolute atomic E-state index is 0.281. The molecule has 1 fully saturated rings. The minimum atomic E-state index is -0.675. The summed E-state index contributed by atoms with van der Waals surface area (Å²) in [5.41, 5.74) is 8.97. The van der Waals surface area contributed by atoms with Crippen LogP contribution in [0.5, 0.6) is 5.75 Å². The molecule has 0 spiro atoms. The van der Waals surface area contributed by atoms with Gasteiger partial charge in [0.1, 0.15) is 11.3 Å². The summed E-state index contributed by atoms with van der Waals surface area (Å²) < 4.78 is 25.4. The lowest BCUT2D eigenvalue weighted by Gasteiger charge is -2.32. The highest BCUT2D eigenvalue weighted by Gasteiger charge is 2.52. The van der Waals surface area contributed by atoms with Gasteiger partial charge in [0.05, 0.1) is 17.8 Å². The standard InChI is InChI=1S/C21H28BN5O4S/c1-8-28-32-29-15-10-13(22-30-20(3,4)21(5,6)31-22)17(23)26-16(15)19-25-14-9-12(2)11-24-18(14)27(19)7/h9-11H,8H2,1-7H3,(H2,23,26). The van der Waals surface area contributed by atoms with Crippen molar-refractivity contribution in [3.63, 3.8) is 0 Å². The molecule has 3 aromatic rings. The summed E-state index contributed by atoms with van der Waals surface area (Å²) in [5, 5.41) is 0. The highest BCUT2D eigenvalue weighted by Crippen LogP contribution is 2.38. The van der Waals surface area contributed by atoms with Crippen LogP contribution in [0.1, 0.15) is 40.2 Å². The van der Waals surface area contributed by atoms with Crippen LogP contribution in [0, 0.1) is 6.92 Å². The molecule has 1 saturated heterocycles. The van der Waals surface area contributed by atoms with Gasteiger partial charge in [0.25, 0.3) is 0 Å². The predicted octanol–water partition coefficient (Wildman–Crippen LogP) is 3.20. The molecule has 0 saturated carbocycles. The Balaban J connectivity index is 1.81. The molecular formula is C21H28BN5O4S. The van der Waals surface area contributed by atoms with Crippen LogP contribution in [0.15, 0.2) is 18.3 Å². The molecule has 32 heavy (non-hydrogen) atoms. The van der Waals surface area contributed by atoms with Gasteiger partial charge in [-0.15, -0.1) is 0 Å². The molecule has 4 rings (SSSR count). The third-order valence-corrected chi connectivity index (χ3v) is 6.48. The van der Waals surface area contributed by atoms with E-state index in [1.807, 2.05) is 59.2 Å². The second kappa shape index (κ2) is 8.22. The topological polar surface area (TPSA) is 107 Å². The Morgan fingerprint density at radius 3 is 2.50 bits per heavy atom. The highest BCUT2D eigenvalue weighted by atomic mass is 32.2. The smallest absolute Gasteiger partial charge is 0.399 e. The van der Waals surface area contributed by atoms with Crippen molar-refractivity contribution in [2.24, 2.45) is 7.05 Å². The van der Waals surface area contributed by atoms with Crippen molar-refractivity contribution < 1.29 is 17.7 Å². The molecule has 170 valence electrons. The van der Waals surface area contributed by atoms with Gasteiger partial charge in [0.15, 0.2) is 22.9 Å². The zero-order valence-corrected chi connectivity index (χ0v) is 20.2. The lowest BCUT2D eigenvalue weighted by atomic mass is 9.79. The van der Waals surface area contributed by atoms with E-state index in [9.17, 15) is 0 Å². The quantitative estimate of drug-likeness (QED) is 0.339. The zero-order chi connectivity index (χ0) is 23.3. The number of pyridine rings is 2. The molecule has 0 aromatic carbocycles. The average Bonchev–Trinajstić information content (AvgIpc) is 3.14. The van der Waals surface area contributed by atoms with Gasteiger partial charge in [0, 0.05) is 18.7 Å². The number of nitrogens with zero attached hydrogens (tertiary/aromatic N) is 4. The maximum Gasteiger partial charge on any atom is 0.498 e. The maximum atomic E-state index is 6.39. The van der Waals surface area contributed by atoms with E-state index in [-0.39, 0.29) is 5.82 Å². The Kier molecular flexibility index (Phi) is 5.87. The first-order valence-corrected chi connectivity index (χ1v) is 11.1. The molecule has 0 unspecified atom stereocenters. The molecule has 9 nitrogen and oxygen atoms in total. The molecule has 1 aliphatic rings. The SMILES string of the molecule is CCOSOc1cc(B2OC(C)(C)C(C)(C)O2)c(N)nc1-c1nc2cc(C)cnc2n1C. The van der Waals surface area contributed by atoms with Crippen molar-refractivity contribution in [3.8, 4) is 17.3 Å². The summed E-state index contributed by atoms with van der Waals surface area (Å²) >= 11 is 0.872. The van der Waals surface area contributed by atoms with E-state index in [4.69, 9.17) is 28.4 Å². The molecular weight excluding hydrogens is 429 g/mol.